The van der Waals surface area contributed by atoms with Crippen molar-refractivity contribution in [1.82, 2.24) is 14.8 Å². The first-order chi connectivity index (χ1) is 13.3. The van der Waals surface area contributed by atoms with Crippen LogP contribution in [0, 0.1) is 6.92 Å². The molecular weight excluding hydrogens is 407 g/mol. The lowest BCUT2D eigenvalue weighted by Gasteiger charge is -2.22. The van der Waals surface area contributed by atoms with E-state index in [-0.39, 0.29) is 29.0 Å². The van der Waals surface area contributed by atoms with E-state index in [4.69, 9.17) is 0 Å². The van der Waals surface area contributed by atoms with Crippen LogP contribution < -0.4 is 0 Å². The Kier molecular flexibility index (Phi) is 7.00. The smallest absolute Gasteiger partial charge is 0.341 e. The van der Waals surface area contributed by atoms with Crippen LogP contribution in [0.15, 0.2) is 34.5 Å². The van der Waals surface area contributed by atoms with E-state index < -0.39 is 5.51 Å². The maximum atomic E-state index is 12.7. The number of alkyl halides is 3. The van der Waals surface area contributed by atoms with Gasteiger partial charge in [-0.1, -0.05) is 12.1 Å². The fraction of sp³-hybridized carbons (Fsp3) is 0.474. The number of halogens is 3. The maximum Gasteiger partial charge on any atom is 0.446 e. The number of carbonyl (C=O) groups excluding carboxylic acids is 1. The van der Waals surface area contributed by atoms with Crippen LogP contribution in [0.1, 0.15) is 22.7 Å². The fourth-order valence-electron chi connectivity index (χ4n) is 3.23. The SMILES string of the molecule is Cc1nc(CN2CCCN(C(=O)Cc3cccc(SC(F)(F)F)c3)CC2)cs1. The van der Waals surface area contributed by atoms with Gasteiger partial charge in [-0.05, 0) is 42.8 Å². The number of carbonyl (C=O) groups is 1. The van der Waals surface area contributed by atoms with Gasteiger partial charge in [-0.15, -0.1) is 11.3 Å². The Balaban J connectivity index is 1.54. The molecule has 2 aromatic rings. The lowest BCUT2D eigenvalue weighted by atomic mass is 10.1. The first-order valence-corrected chi connectivity index (χ1v) is 10.7. The average molecular weight is 430 g/mol. The van der Waals surface area contributed by atoms with Crippen molar-refractivity contribution < 1.29 is 18.0 Å². The van der Waals surface area contributed by atoms with Gasteiger partial charge in [0, 0.05) is 43.0 Å². The summed E-state index contributed by atoms with van der Waals surface area (Å²) < 4.78 is 37.6. The van der Waals surface area contributed by atoms with E-state index in [0.29, 0.717) is 18.7 Å². The van der Waals surface area contributed by atoms with Gasteiger partial charge in [-0.25, -0.2) is 4.98 Å². The quantitative estimate of drug-likeness (QED) is 0.663. The first kappa shape index (κ1) is 21.1. The molecule has 2 heterocycles. The minimum Gasteiger partial charge on any atom is -0.341 e. The summed E-state index contributed by atoms with van der Waals surface area (Å²) in [5.41, 5.74) is -2.66. The Morgan fingerprint density at radius 2 is 2.07 bits per heavy atom. The first-order valence-electron chi connectivity index (χ1n) is 9.04. The molecule has 1 amide bonds. The summed E-state index contributed by atoms with van der Waals surface area (Å²) >= 11 is 1.48. The molecule has 0 saturated carbocycles. The molecule has 0 aliphatic carbocycles. The Bertz CT molecular complexity index is 810. The van der Waals surface area contributed by atoms with Crippen molar-refractivity contribution in [2.45, 2.75) is 36.7 Å². The highest BCUT2D eigenvalue weighted by molar-refractivity contribution is 8.00. The maximum absolute atomic E-state index is 12.7. The molecule has 0 spiro atoms. The van der Waals surface area contributed by atoms with Crippen molar-refractivity contribution in [3.63, 3.8) is 0 Å². The third-order valence-electron chi connectivity index (χ3n) is 4.48. The van der Waals surface area contributed by atoms with Gasteiger partial charge in [0.25, 0.3) is 0 Å². The van der Waals surface area contributed by atoms with Crippen LogP contribution in [-0.2, 0) is 17.8 Å². The van der Waals surface area contributed by atoms with Gasteiger partial charge in [-0.2, -0.15) is 13.2 Å². The van der Waals surface area contributed by atoms with E-state index in [1.165, 1.54) is 12.1 Å². The molecule has 0 atom stereocenters. The fourth-order valence-corrected chi connectivity index (χ4v) is 4.46. The van der Waals surface area contributed by atoms with E-state index in [9.17, 15) is 18.0 Å². The standard InChI is InChI=1S/C19H22F3N3OS2/c1-14-23-16(13-27-14)12-24-6-3-7-25(9-8-24)18(26)11-15-4-2-5-17(10-15)28-19(20,21)22/h2,4-5,10,13H,3,6-9,11-12H2,1H3. The monoisotopic (exact) mass is 429 g/mol. The molecule has 1 aliphatic rings. The van der Waals surface area contributed by atoms with Crippen LogP contribution in [0.25, 0.3) is 0 Å². The molecule has 1 aromatic carbocycles. The van der Waals surface area contributed by atoms with Crippen molar-refractivity contribution in [2.75, 3.05) is 26.2 Å². The summed E-state index contributed by atoms with van der Waals surface area (Å²) in [7, 11) is 0. The topological polar surface area (TPSA) is 36.4 Å². The molecule has 28 heavy (non-hydrogen) atoms. The minimum absolute atomic E-state index is 0.0412. The normalized spacial score (nSPS) is 16.2. The molecule has 9 heteroatoms. The number of aromatic nitrogens is 1. The molecule has 0 unspecified atom stereocenters. The van der Waals surface area contributed by atoms with Gasteiger partial charge >= 0.3 is 5.51 Å². The lowest BCUT2D eigenvalue weighted by molar-refractivity contribution is -0.130. The lowest BCUT2D eigenvalue weighted by Crippen LogP contribution is -2.36. The van der Waals surface area contributed by atoms with Gasteiger partial charge < -0.3 is 4.90 Å². The van der Waals surface area contributed by atoms with E-state index in [0.717, 1.165) is 36.8 Å². The number of rotatable bonds is 5. The van der Waals surface area contributed by atoms with Crippen molar-refractivity contribution in [3.05, 3.63) is 45.9 Å². The summed E-state index contributed by atoms with van der Waals surface area (Å²) in [6.45, 7) is 5.73. The summed E-state index contributed by atoms with van der Waals surface area (Å²) in [5.74, 6) is -0.0412. The molecule has 0 radical (unpaired) electrons. The molecule has 4 nitrogen and oxygen atoms in total. The summed E-state index contributed by atoms with van der Waals surface area (Å²) in [5, 5.41) is 3.11. The summed E-state index contributed by atoms with van der Waals surface area (Å²) in [6.07, 6.45) is 0.996. The molecule has 1 aromatic heterocycles. The molecular formula is C19H22F3N3OS2. The van der Waals surface area contributed by atoms with Crippen LogP contribution in [0.4, 0.5) is 13.2 Å². The van der Waals surface area contributed by atoms with E-state index in [1.807, 2.05) is 11.8 Å². The number of nitrogens with zero attached hydrogens (tertiary/aromatic N) is 3. The highest BCUT2D eigenvalue weighted by Gasteiger charge is 2.29. The van der Waals surface area contributed by atoms with Crippen molar-refractivity contribution in [1.29, 1.82) is 0 Å². The van der Waals surface area contributed by atoms with Crippen LogP contribution in [0.3, 0.4) is 0 Å². The van der Waals surface area contributed by atoms with Gasteiger partial charge in [0.1, 0.15) is 0 Å². The Labute approximate surface area is 170 Å². The largest absolute Gasteiger partial charge is 0.446 e. The second-order valence-electron chi connectivity index (χ2n) is 6.74. The number of hydrogen-bond donors (Lipinski definition) is 0. The molecule has 0 N–H and O–H groups in total. The number of amides is 1. The molecule has 152 valence electrons. The zero-order valence-electron chi connectivity index (χ0n) is 15.5. The third kappa shape index (κ3) is 6.49. The predicted molar refractivity (Wildman–Crippen MR) is 105 cm³/mol. The second-order valence-corrected chi connectivity index (χ2v) is 8.94. The van der Waals surface area contributed by atoms with Crippen molar-refractivity contribution in [3.8, 4) is 0 Å². The third-order valence-corrected chi connectivity index (χ3v) is 6.02. The van der Waals surface area contributed by atoms with E-state index >= 15 is 0 Å². The minimum atomic E-state index is -4.33. The number of hydrogen-bond acceptors (Lipinski definition) is 5. The van der Waals surface area contributed by atoms with Gasteiger partial charge in [0.05, 0.1) is 17.1 Å². The molecule has 1 fully saturated rings. The zero-order valence-corrected chi connectivity index (χ0v) is 17.2. The van der Waals surface area contributed by atoms with Crippen LogP contribution in [0.5, 0.6) is 0 Å². The van der Waals surface area contributed by atoms with Gasteiger partial charge in [0.2, 0.25) is 5.91 Å². The summed E-state index contributed by atoms with van der Waals surface area (Å²) in [6, 6.07) is 6.13. The van der Waals surface area contributed by atoms with E-state index in [1.54, 1.807) is 23.5 Å². The average Bonchev–Trinajstić information content (AvgIpc) is 2.87. The van der Waals surface area contributed by atoms with Crippen LogP contribution in [-0.4, -0.2) is 52.4 Å². The highest BCUT2D eigenvalue weighted by atomic mass is 32.2. The summed E-state index contributed by atoms with van der Waals surface area (Å²) in [4.78, 5) is 21.4. The van der Waals surface area contributed by atoms with Crippen LogP contribution >= 0.6 is 23.1 Å². The van der Waals surface area contributed by atoms with Gasteiger partial charge in [-0.3, -0.25) is 9.69 Å². The zero-order chi connectivity index (χ0) is 20.1. The number of aryl methyl sites for hydroxylation is 1. The highest BCUT2D eigenvalue weighted by Crippen LogP contribution is 2.37. The number of benzene rings is 1. The Morgan fingerprint density at radius 3 is 2.79 bits per heavy atom. The van der Waals surface area contributed by atoms with Crippen molar-refractivity contribution >= 4 is 29.0 Å². The predicted octanol–water partition coefficient (Wildman–Crippen LogP) is 4.34. The Hall–Kier alpha value is -1.58. The number of thiazole rings is 1. The van der Waals surface area contributed by atoms with Crippen molar-refractivity contribution in [2.24, 2.45) is 0 Å². The Morgan fingerprint density at radius 1 is 1.25 bits per heavy atom. The molecule has 0 bridgehead atoms. The van der Waals surface area contributed by atoms with Crippen LogP contribution in [0.2, 0.25) is 0 Å². The molecule has 1 aliphatic heterocycles. The number of thioether (sulfide) groups is 1. The van der Waals surface area contributed by atoms with E-state index in [2.05, 4.69) is 15.3 Å². The van der Waals surface area contributed by atoms with Gasteiger partial charge in [0.15, 0.2) is 0 Å². The second kappa shape index (κ2) is 9.28. The molecule has 1 saturated heterocycles. The molecule has 3 rings (SSSR count).